The summed E-state index contributed by atoms with van der Waals surface area (Å²) in [4.78, 5) is 24.3. The monoisotopic (exact) mass is 381 g/mol. The van der Waals surface area contributed by atoms with Crippen molar-refractivity contribution < 1.29 is 9.59 Å². The SMILES string of the molecule is Cn1c(C(=O)NCc2ccc(C(N)=O)c(C3CC3)c2)cc2ccc(Cl)cc21. The van der Waals surface area contributed by atoms with Crippen molar-refractivity contribution in [1.82, 2.24) is 9.88 Å². The van der Waals surface area contributed by atoms with Gasteiger partial charge in [0.2, 0.25) is 5.91 Å². The number of primary amides is 1. The molecule has 0 atom stereocenters. The minimum absolute atomic E-state index is 0.156. The summed E-state index contributed by atoms with van der Waals surface area (Å²) in [6.07, 6.45) is 2.16. The van der Waals surface area contributed by atoms with Crippen molar-refractivity contribution in [2.75, 3.05) is 0 Å². The second-order valence-corrected chi connectivity index (χ2v) is 7.47. The van der Waals surface area contributed by atoms with E-state index in [1.807, 2.05) is 48.0 Å². The molecule has 1 aromatic heterocycles. The third-order valence-electron chi connectivity index (χ3n) is 5.09. The predicted octanol–water partition coefficient (Wildman–Crippen LogP) is 3.74. The standard InChI is InChI=1S/C21H20ClN3O2/c1-25-18-10-15(22)6-5-14(18)9-19(25)21(27)24-11-12-2-7-16(20(23)26)17(8-12)13-3-4-13/h2,5-10,13H,3-4,11H2,1H3,(H2,23,26)(H,24,27). The maximum absolute atomic E-state index is 12.7. The molecule has 1 fully saturated rings. The number of carbonyl (C=O) groups is 2. The Morgan fingerprint density at radius 1 is 1.19 bits per heavy atom. The number of amides is 2. The Morgan fingerprint density at radius 2 is 1.96 bits per heavy atom. The minimum atomic E-state index is -0.401. The van der Waals surface area contributed by atoms with Crippen LogP contribution in [0.1, 0.15) is 50.7 Å². The maximum atomic E-state index is 12.7. The Labute approximate surface area is 162 Å². The van der Waals surface area contributed by atoms with Crippen molar-refractivity contribution in [2.45, 2.75) is 25.3 Å². The highest BCUT2D eigenvalue weighted by atomic mass is 35.5. The quantitative estimate of drug-likeness (QED) is 0.706. The molecule has 2 aromatic carbocycles. The van der Waals surface area contributed by atoms with E-state index in [9.17, 15) is 9.59 Å². The van der Waals surface area contributed by atoms with Gasteiger partial charge in [-0.1, -0.05) is 29.8 Å². The maximum Gasteiger partial charge on any atom is 0.268 e. The molecule has 0 bridgehead atoms. The van der Waals surface area contributed by atoms with Crippen molar-refractivity contribution in [3.05, 3.63) is 69.9 Å². The molecule has 3 N–H and O–H groups in total. The summed E-state index contributed by atoms with van der Waals surface area (Å²) < 4.78 is 1.84. The first kappa shape index (κ1) is 17.6. The molecule has 0 aliphatic heterocycles. The van der Waals surface area contributed by atoms with Gasteiger partial charge in [-0.2, -0.15) is 0 Å². The van der Waals surface area contributed by atoms with Gasteiger partial charge < -0.3 is 15.6 Å². The Morgan fingerprint density at radius 3 is 2.67 bits per heavy atom. The molecule has 3 aromatic rings. The van der Waals surface area contributed by atoms with Gasteiger partial charge in [0, 0.05) is 35.1 Å². The molecule has 2 amide bonds. The van der Waals surface area contributed by atoms with Gasteiger partial charge in [0.15, 0.2) is 0 Å². The van der Waals surface area contributed by atoms with Gasteiger partial charge in [0.05, 0.1) is 0 Å². The number of halogens is 1. The second kappa shape index (κ2) is 6.74. The normalized spacial score (nSPS) is 13.7. The first-order chi connectivity index (χ1) is 12.9. The number of rotatable bonds is 5. The number of nitrogens with zero attached hydrogens (tertiary/aromatic N) is 1. The highest BCUT2D eigenvalue weighted by Crippen LogP contribution is 2.42. The van der Waals surface area contributed by atoms with Gasteiger partial charge in [-0.3, -0.25) is 9.59 Å². The van der Waals surface area contributed by atoms with Crippen LogP contribution in [0, 0.1) is 0 Å². The van der Waals surface area contributed by atoms with Gasteiger partial charge in [0.1, 0.15) is 5.69 Å². The van der Waals surface area contributed by atoms with E-state index >= 15 is 0 Å². The smallest absolute Gasteiger partial charge is 0.268 e. The first-order valence-corrected chi connectivity index (χ1v) is 9.27. The molecule has 6 heteroatoms. The number of fused-ring (bicyclic) bond motifs is 1. The Hall–Kier alpha value is -2.79. The Balaban J connectivity index is 1.54. The summed E-state index contributed by atoms with van der Waals surface area (Å²) in [5.41, 5.74) is 9.49. The van der Waals surface area contributed by atoms with E-state index < -0.39 is 5.91 Å². The zero-order valence-electron chi connectivity index (χ0n) is 15.0. The third kappa shape index (κ3) is 3.43. The van der Waals surface area contributed by atoms with Crippen LogP contribution in [0.15, 0.2) is 42.5 Å². The Bertz CT molecular complexity index is 1070. The fourth-order valence-electron chi connectivity index (χ4n) is 3.47. The fourth-order valence-corrected chi connectivity index (χ4v) is 3.64. The van der Waals surface area contributed by atoms with E-state index in [2.05, 4.69) is 5.32 Å². The molecule has 1 aliphatic carbocycles. The predicted molar refractivity (Wildman–Crippen MR) is 106 cm³/mol. The van der Waals surface area contributed by atoms with Gasteiger partial charge in [-0.25, -0.2) is 0 Å². The lowest BCUT2D eigenvalue weighted by Crippen LogP contribution is -2.25. The molecule has 1 saturated carbocycles. The first-order valence-electron chi connectivity index (χ1n) is 8.90. The molecular formula is C21H20ClN3O2. The molecule has 1 aliphatic rings. The lowest BCUT2D eigenvalue weighted by molar-refractivity contribution is 0.0941. The van der Waals surface area contributed by atoms with Crippen LogP contribution in [0.2, 0.25) is 5.02 Å². The summed E-state index contributed by atoms with van der Waals surface area (Å²) in [7, 11) is 1.85. The van der Waals surface area contributed by atoms with Crippen molar-refractivity contribution in [2.24, 2.45) is 12.8 Å². The van der Waals surface area contributed by atoms with E-state index in [1.54, 1.807) is 6.07 Å². The lowest BCUT2D eigenvalue weighted by atomic mass is 9.99. The van der Waals surface area contributed by atoms with E-state index in [4.69, 9.17) is 17.3 Å². The van der Waals surface area contributed by atoms with Gasteiger partial charge in [-0.05, 0) is 54.2 Å². The average molecular weight is 382 g/mol. The zero-order valence-corrected chi connectivity index (χ0v) is 15.7. The second-order valence-electron chi connectivity index (χ2n) is 7.03. The van der Waals surface area contributed by atoms with Crippen LogP contribution in [0.3, 0.4) is 0 Å². The molecule has 5 nitrogen and oxygen atoms in total. The molecule has 0 spiro atoms. The lowest BCUT2D eigenvalue weighted by Gasteiger charge is -2.10. The number of nitrogens with two attached hydrogens (primary N) is 1. The van der Waals surface area contributed by atoms with Crippen LogP contribution in [0.4, 0.5) is 0 Å². The van der Waals surface area contributed by atoms with Crippen LogP contribution >= 0.6 is 11.6 Å². The topological polar surface area (TPSA) is 77.1 Å². The van der Waals surface area contributed by atoms with Gasteiger partial charge >= 0.3 is 0 Å². The van der Waals surface area contributed by atoms with Gasteiger partial charge in [0.25, 0.3) is 5.91 Å². The fraction of sp³-hybridized carbons (Fsp3) is 0.238. The average Bonchev–Trinajstić information content (AvgIpc) is 3.44. The summed E-state index contributed by atoms with van der Waals surface area (Å²) in [5, 5.41) is 4.56. The largest absolute Gasteiger partial charge is 0.366 e. The summed E-state index contributed by atoms with van der Waals surface area (Å²) >= 11 is 6.05. The number of benzene rings is 2. The van der Waals surface area contributed by atoms with Crippen LogP contribution < -0.4 is 11.1 Å². The Kier molecular flexibility index (Phi) is 4.40. The summed E-state index contributed by atoms with van der Waals surface area (Å²) in [6.45, 7) is 0.389. The molecule has 0 radical (unpaired) electrons. The summed E-state index contributed by atoms with van der Waals surface area (Å²) in [6, 6.07) is 13.0. The highest BCUT2D eigenvalue weighted by molar-refractivity contribution is 6.31. The van der Waals surface area contributed by atoms with Crippen LogP contribution in [-0.2, 0) is 13.6 Å². The molecule has 0 saturated heterocycles. The third-order valence-corrected chi connectivity index (χ3v) is 5.33. The van der Waals surface area contributed by atoms with Crippen LogP contribution in [-0.4, -0.2) is 16.4 Å². The number of hydrogen-bond acceptors (Lipinski definition) is 2. The van der Waals surface area contributed by atoms with Gasteiger partial charge in [-0.15, -0.1) is 0 Å². The molecule has 138 valence electrons. The highest BCUT2D eigenvalue weighted by Gasteiger charge is 2.27. The number of hydrogen-bond donors (Lipinski definition) is 2. The molecule has 27 heavy (non-hydrogen) atoms. The molecule has 1 heterocycles. The van der Waals surface area contributed by atoms with E-state index in [0.717, 1.165) is 34.9 Å². The van der Waals surface area contributed by atoms with Crippen molar-refractivity contribution in [3.63, 3.8) is 0 Å². The van der Waals surface area contributed by atoms with E-state index in [0.29, 0.717) is 28.7 Å². The number of nitrogens with one attached hydrogen (secondary N) is 1. The number of aryl methyl sites for hydroxylation is 1. The minimum Gasteiger partial charge on any atom is -0.366 e. The van der Waals surface area contributed by atoms with Crippen molar-refractivity contribution in [1.29, 1.82) is 0 Å². The molecular weight excluding hydrogens is 362 g/mol. The van der Waals surface area contributed by atoms with E-state index in [1.165, 1.54) is 0 Å². The number of aromatic nitrogens is 1. The van der Waals surface area contributed by atoms with Crippen LogP contribution in [0.25, 0.3) is 10.9 Å². The zero-order chi connectivity index (χ0) is 19.1. The number of carbonyl (C=O) groups excluding carboxylic acids is 2. The van der Waals surface area contributed by atoms with Crippen LogP contribution in [0.5, 0.6) is 0 Å². The molecule has 4 rings (SSSR count). The van der Waals surface area contributed by atoms with Crippen molar-refractivity contribution >= 4 is 34.3 Å². The summed E-state index contributed by atoms with van der Waals surface area (Å²) in [5.74, 6) is -0.149. The van der Waals surface area contributed by atoms with E-state index in [-0.39, 0.29) is 5.91 Å². The van der Waals surface area contributed by atoms with Crippen molar-refractivity contribution in [3.8, 4) is 0 Å². The molecule has 0 unspecified atom stereocenters.